The highest BCUT2D eigenvalue weighted by Gasteiger charge is 2.34. The second-order valence-electron chi connectivity index (χ2n) is 6.03. The molecule has 2 aromatic rings. The van der Waals surface area contributed by atoms with E-state index in [4.69, 9.17) is 9.84 Å². The number of rotatable bonds is 7. The van der Waals surface area contributed by atoms with Crippen molar-refractivity contribution in [3.63, 3.8) is 0 Å². The summed E-state index contributed by atoms with van der Waals surface area (Å²) in [4.78, 5) is 30.3. The maximum absolute atomic E-state index is 12.5. The number of carbonyl (C=O) groups excluding carboxylic acids is 2. The minimum absolute atomic E-state index is 0.112. The summed E-state index contributed by atoms with van der Waals surface area (Å²) < 4.78 is 6.77. The number of benzene rings is 1. The molecule has 0 saturated heterocycles. The highest BCUT2D eigenvalue weighted by molar-refractivity contribution is 6.08. The van der Waals surface area contributed by atoms with Gasteiger partial charge in [-0.05, 0) is 24.3 Å². The van der Waals surface area contributed by atoms with Crippen LogP contribution in [0.5, 0.6) is 0 Å². The lowest BCUT2D eigenvalue weighted by Crippen LogP contribution is -2.31. The predicted octanol–water partition coefficient (Wildman–Crippen LogP) is 1.11. The van der Waals surface area contributed by atoms with E-state index in [1.54, 1.807) is 6.20 Å². The Balaban J connectivity index is 1.84. The molecule has 2 heterocycles. The number of hydrogen-bond acceptors (Lipinski definition) is 6. The largest absolute Gasteiger partial charge is 0.466 e. The average molecular weight is 370 g/mol. The van der Waals surface area contributed by atoms with Crippen LogP contribution >= 0.6 is 0 Å². The molecular formula is C19H22N4O4. The zero-order valence-corrected chi connectivity index (χ0v) is 15.3. The van der Waals surface area contributed by atoms with Crippen molar-refractivity contribution in [3.8, 4) is 5.69 Å². The van der Waals surface area contributed by atoms with Gasteiger partial charge < -0.3 is 24.6 Å². The normalized spacial score (nSPS) is 14.0. The molecule has 3 rings (SSSR count). The summed E-state index contributed by atoms with van der Waals surface area (Å²) in [6, 6.07) is 7.48. The lowest BCUT2D eigenvalue weighted by atomic mass is 10.2. The number of hydrogen-bond donors (Lipinski definition) is 2. The number of aromatic nitrogens is 2. The topological polar surface area (TPSA) is 96.7 Å². The van der Waals surface area contributed by atoms with E-state index in [2.05, 4.69) is 10.3 Å². The van der Waals surface area contributed by atoms with Gasteiger partial charge in [0.2, 0.25) is 0 Å². The van der Waals surface area contributed by atoms with Gasteiger partial charge in [0.15, 0.2) is 0 Å². The number of nitrogens with zero attached hydrogens (tertiary/aromatic N) is 3. The van der Waals surface area contributed by atoms with Crippen molar-refractivity contribution in [2.45, 2.75) is 13.3 Å². The van der Waals surface area contributed by atoms with Gasteiger partial charge in [-0.25, -0.2) is 9.78 Å². The molecule has 8 nitrogen and oxygen atoms in total. The number of methoxy groups -OCH3 is 1. The first-order valence-electron chi connectivity index (χ1n) is 8.70. The van der Waals surface area contributed by atoms with Crippen LogP contribution < -0.4 is 5.32 Å². The number of aryl methyl sites for hydroxylation is 1. The Bertz CT molecular complexity index is 870. The van der Waals surface area contributed by atoms with E-state index in [0.717, 1.165) is 17.9 Å². The van der Waals surface area contributed by atoms with Crippen LogP contribution in [0.3, 0.4) is 0 Å². The van der Waals surface area contributed by atoms with Gasteiger partial charge in [0.05, 0.1) is 25.8 Å². The molecule has 1 aromatic carbocycles. The fourth-order valence-corrected chi connectivity index (χ4v) is 3.03. The summed E-state index contributed by atoms with van der Waals surface area (Å²) in [7, 11) is 1.28. The number of aliphatic hydroxyl groups is 1. The molecule has 0 bridgehead atoms. The minimum atomic E-state index is -0.561. The fourth-order valence-electron chi connectivity index (χ4n) is 3.03. The number of carbonyl (C=O) groups is 2. The molecular weight excluding hydrogens is 348 g/mol. The number of ether oxygens (including phenoxy) is 1. The number of imidazole rings is 1. The lowest BCUT2D eigenvalue weighted by Gasteiger charge is -2.15. The second-order valence-corrected chi connectivity index (χ2v) is 6.03. The Morgan fingerprint density at radius 2 is 2.07 bits per heavy atom. The van der Waals surface area contributed by atoms with Crippen LogP contribution in [0.1, 0.15) is 12.7 Å². The van der Waals surface area contributed by atoms with E-state index in [-0.39, 0.29) is 36.9 Å². The van der Waals surface area contributed by atoms with Gasteiger partial charge in [0.1, 0.15) is 11.5 Å². The minimum Gasteiger partial charge on any atom is -0.466 e. The number of nitrogens with one attached hydrogen (secondary N) is 1. The molecule has 0 spiro atoms. The third kappa shape index (κ3) is 3.70. The Labute approximate surface area is 157 Å². The third-order valence-corrected chi connectivity index (χ3v) is 4.40. The van der Waals surface area contributed by atoms with Crippen molar-refractivity contribution >= 4 is 17.6 Å². The molecule has 27 heavy (non-hydrogen) atoms. The molecule has 0 saturated carbocycles. The zero-order valence-electron chi connectivity index (χ0n) is 15.3. The first-order valence-corrected chi connectivity index (χ1v) is 8.70. The predicted molar refractivity (Wildman–Crippen MR) is 99.3 cm³/mol. The van der Waals surface area contributed by atoms with Crippen LogP contribution in [0.15, 0.2) is 47.9 Å². The first kappa shape index (κ1) is 18.7. The summed E-state index contributed by atoms with van der Waals surface area (Å²) in [5.74, 6) is 0.0577. The Morgan fingerprint density at radius 1 is 1.33 bits per heavy atom. The van der Waals surface area contributed by atoms with E-state index in [1.165, 1.54) is 12.0 Å². The van der Waals surface area contributed by atoms with Crippen molar-refractivity contribution in [2.24, 2.45) is 0 Å². The van der Waals surface area contributed by atoms with Crippen molar-refractivity contribution < 1.29 is 19.4 Å². The van der Waals surface area contributed by atoms with E-state index in [9.17, 15) is 9.59 Å². The van der Waals surface area contributed by atoms with Crippen LogP contribution in [-0.2, 0) is 20.7 Å². The SMILES string of the molecule is CCc1nccn1-c1ccc(NC2=C(C(=O)OC)CN(CCO)C2=O)cc1. The Morgan fingerprint density at radius 3 is 2.70 bits per heavy atom. The number of esters is 1. The van der Waals surface area contributed by atoms with Crippen LogP contribution in [0.25, 0.3) is 5.69 Å². The van der Waals surface area contributed by atoms with E-state index in [1.807, 2.05) is 42.0 Å². The molecule has 1 amide bonds. The van der Waals surface area contributed by atoms with E-state index >= 15 is 0 Å². The number of aliphatic hydroxyl groups excluding tert-OH is 1. The van der Waals surface area contributed by atoms with Crippen molar-refractivity contribution in [3.05, 3.63) is 53.8 Å². The monoisotopic (exact) mass is 370 g/mol. The van der Waals surface area contributed by atoms with Crippen LogP contribution in [-0.4, -0.2) is 58.2 Å². The summed E-state index contributed by atoms with van der Waals surface area (Å²) in [5.41, 5.74) is 2.06. The molecule has 0 fully saturated rings. The second kappa shape index (κ2) is 8.05. The first-order chi connectivity index (χ1) is 13.1. The van der Waals surface area contributed by atoms with Crippen molar-refractivity contribution in [2.75, 3.05) is 32.1 Å². The van der Waals surface area contributed by atoms with Crippen LogP contribution in [0, 0.1) is 0 Å². The molecule has 0 aliphatic carbocycles. The van der Waals surface area contributed by atoms with Gasteiger partial charge in [-0.3, -0.25) is 4.79 Å². The summed E-state index contributed by atoms with van der Waals surface area (Å²) in [6.45, 7) is 2.14. The fraction of sp³-hybridized carbons (Fsp3) is 0.316. The van der Waals surface area contributed by atoms with Crippen LogP contribution in [0.4, 0.5) is 5.69 Å². The van der Waals surface area contributed by atoms with Gasteiger partial charge in [-0.2, -0.15) is 0 Å². The number of anilines is 1. The molecule has 2 N–H and O–H groups in total. The van der Waals surface area contributed by atoms with Crippen molar-refractivity contribution in [1.82, 2.24) is 14.5 Å². The van der Waals surface area contributed by atoms with Crippen LogP contribution in [0.2, 0.25) is 0 Å². The average Bonchev–Trinajstić information content (AvgIpc) is 3.28. The third-order valence-electron chi connectivity index (χ3n) is 4.40. The number of β-amino-alcohol motifs (C(OH)–C–C–N with tert-alkyl or cyclic N) is 1. The van der Waals surface area contributed by atoms with Gasteiger partial charge in [0.25, 0.3) is 5.91 Å². The Hall–Kier alpha value is -3.13. The molecule has 1 aromatic heterocycles. The molecule has 0 atom stereocenters. The van der Waals surface area contributed by atoms with Gasteiger partial charge >= 0.3 is 5.97 Å². The smallest absolute Gasteiger partial charge is 0.337 e. The molecule has 0 radical (unpaired) electrons. The molecule has 142 valence electrons. The standard InChI is InChI=1S/C19H22N4O4/c1-3-16-20-8-9-23(16)14-6-4-13(5-7-14)21-17-15(19(26)27-2)12-22(10-11-24)18(17)25/h4-9,21,24H,3,10-12H2,1-2H3. The maximum atomic E-state index is 12.5. The van der Waals surface area contributed by atoms with Gasteiger partial charge in [-0.1, -0.05) is 6.92 Å². The lowest BCUT2D eigenvalue weighted by molar-refractivity contribution is -0.136. The quantitative estimate of drug-likeness (QED) is 0.709. The van der Waals surface area contributed by atoms with Gasteiger partial charge in [-0.15, -0.1) is 0 Å². The zero-order chi connectivity index (χ0) is 19.4. The summed E-state index contributed by atoms with van der Waals surface area (Å²) >= 11 is 0. The summed E-state index contributed by atoms with van der Waals surface area (Å²) in [6.07, 6.45) is 4.47. The number of amides is 1. The molecule has 1 aliphatic rings. The highest BCUT2D eigenvalue weighted by atomic mass is 16.5. The highest BCUT2D eigenvalue weighted by Crippen LogP contribution is 2.23. The Kier molecular flexibility index (Phi) is 5.56. The van der Waals surface area contributed by atoms with E-state index < -0.39 is 5.97 Å². The van der Waals surface area contributed by atoms with Gasteiger partial charge in [0, 0.05) is 36.7 Å². The molecule has 8 heteroatoms. The molecule has 0 unspecified atom stereocenters. The maximum Gasteiger partial charge on any atom is 0.337 e. The molecule has 1 aliphatic heterocycles. The van der Waals surface area contributed by atoms with E-state index in [0.29, 0.717) is 5.69 Å². The van der Waals surface area contributed by atoms with Crippen molar-refractivity contribution in [1.29, 1.82) is 0 Å². The summed E-state index contributed by atoms with van der Waals surface area (Å²) in [5, 5.41) is 12.1.